The third-order valence-electron chi connectivity index (χ3n) is 4.25. The SMILES string of the molecule is CCC(C)C(NC(=O)C1CC1(C)CC)C(=O)O. The van der Waals surface area contributed by atoms with Crippen molar-refractivity contribution in [2.24, 2.45) is 17.3 Å². The summed E-state index contributed by atoms with van der Waals surface area (Å²) in [5.74, 6) is -1.07. The number of carbonyl (C=O) groups is 2. The molecule has 1 aliphatic rings. The summed E-state index contributed by atoms with van der Waals surface area (Å²) in [6, 6.07) is -0.755. The smallest absolute Gasteiger partial charge is 0.326 e. The van der Waals surface area contributed by atoms with Gasteiger partial charge in [0.2, 0.25) is 5.91 Å². The highest BCUT2D eigenvalue weighted by atomic mass is 16.4. The van der Waals surface area contributed by atoms with Crippen LogP contribution < -0.4 is 5.32 Å². The molecule has 1 fully saturated rings. The highest BCUT2D eigenvalue weighted by Gasteiger charge is 2.53. The molecule has 0 aliphatic heterocycles. The number of carboxylic acid groups (broad SMARTS) is 1. The van der Waals surface area contributed by atoms with E-state index in [0.717, 1.165) is 19.3 Å². The van der Waals surface area contributed by atoms with Gasteiger partial charge in [-0.3, -0.25) is 4.79 Å². The molecular formula is C13H23NO3. The third kappa shape index (κ3) is 2.99. The summed E-state index contributed by atoms with van der Waals surface area (Å²) in [5.41, 5.74) is 0.0859. The van der Waals surface area contributed by atoms with Gasteiger partial charge in [0.25, 0.3) is 0 Å². The van der Waals surface area contributed by atoms with Gasteiger partial charge in [-0.1, -0.05) is 34.1 Å². The lowest BCUT2D eigenvalue weighted by atomic mass is 9.98. The second kappa shape index (κ2) is 5.07. The topological polar surface area (TPSA) is 66.4 Å². The first-order valence-corrected chi connectivity index (χ1v) is 6.39. The Kier molecular flexibility index (Phi) is 4.17. The van der Waals surface area contributed by atoms with Crippen molar-refractivity contribution in [3.63, 3.8) is 0 Å². The first kappa shape index (κ1) is 14.0. The molecule has 0 aromatic carbocycles. The van der Waals surface area contributed by atoms with Crippen LogP contribution in [-0.4, -0.2) is 23.0 Å². The quantitative estimate of drug-likeness (QED) is 0.747. The van der Waals surface area contributed by atoms with E-state index in [1.54, 1.807) is 0 Å². The molecule has 4 nitrogen and oxygen atoms in total. The van der Waals surface area contributed by atoms with Crippen molar-refractivity contribution in [1.82, 2.24) is 5.32 Å². The van der Waals surface area contributed by atoms with Gasteiger partial charge >= 0.3 is 5.97 Å². The van der Waals surface area contributed by atoms with Crippen molar-refractivity contribution < 1.29 is 14.7 Å². The first-order valence-electron chi connectivity index (χ1n) is 6.39. The molecule has 1 rings (SSSR count). The molecule has 17 heavy (non-hydrogen) atoms. The van der Waals surface area contributed by atoms with E-state index in [0.29, 0.717) is 0 Å². The zero-order valence-corrected chi connectivity index (χ0v) is 11.1. The Morgan fingerprint density at radius 2 is 2.06 bits per heavy atom. The monoisotopic (exact) mass is 241 g/mol. The molecule has 1 amide bonds. The van der Waals surface area contributed by atoms with Gasteiger partial charge < -0.3 is 10.4 Å². The number of amides is 1. The molecule has 0 bridgehead atoms. The van der Waals surface area contributed by atoms with E-state index in [9.17, 15) is 9.59 Å². The number of carbonyl (C=O) groups excluding carboxylic acids is 1. The number of hydrogen-bond donors (Lipinski definition) is 2. The van der Waals surface area contributed by atoms with Crippen molar-refractivity contribution in [2.75, 3.05) is 0 Å². The maximum atomic E-state index is 11.9. The lowest BCUT2D eigenvalue weighted by Gasteiger charge is -2.20. The zero-order chi connectivity index (χ0) is 13.2. The summed E-state index contributed by atoms with van der Waals surface area (Å²) in [6.45, 7) is 7.93. The van der Waals surface area contributed by atoms with Crippen LogP contribution in [0.25, 0.3) is 0 Å². The van der Waals surface area contributed by atoms with Crippen LogP contribution in [0.2, 0.25) is 0 Å². The van der Waals surface area contributed by atoms with Gasteiger partial charge in [0.1, 0.15) is 6.04 Å². The predicted octanol–water partition coefficient (Wildman–Crippen LogP) is 2.04. The lowest BCUT2D eigenvalue weighted by Crippen LogP contribution is -2.46. The van der Waals surface area contributed by atoms with Crippen molar-refractivity contribution in [1.29, 1.82) is 0 Å². The second-order valence-corrected chi connectivity index (χ2v) is 5.47. The van der Waals surface area contributed by atoms with Crippen LogP contribution in [0.1, 0.15) is 47.0 Å². The summed E-state index contributed by atoms with van der Waals surface area (Å²) < 4.78 is 0. The molecule has 0 radical (unpaired) electrons. The van der Waals surface area contributed by atoms with Crippen LogP contribution in [0.4, 0.5) is 0 Å². The van der Waals surface area contributed by atoms with E-state index in [1.165, 1.54) is 0 Å². The fourth-order valence-corrected chi connectivity index (χ4v) is 2.14. The summed E-state index contributed by atoms with van der Waals surface area (Å²) in [7, 11) is 0. The second-order valence-electron chi connectivity index (χ2n) is 5.47. The minimum atomic E-state index is -0.938. The number of rotatable bonds is 6. The molecule has 4 atom stereocenters. The van der Waals surface area contributed by atoms with Gasteiger partial charge in [0.15, 0.2) is 0 Å². The van der Waals surface area contributed by atoms with Gasteiger partial charge in [-0.15, -0.1) is 0 Å². The summed E-state index contributed by atoms with van der Waals surface area (Å²) in [6.07, 6.45) is 2.58. The summed E-state index contributed by atoms with van der Waals surface area (Å²) in [4.78, 5) is 23.0. The fourth-order valence-electron chi connectivity index (χ4n) is 2.14. The van der Waals surface area contributed by atoms with E-state index < -0.39 is 12.0 Å². The van der Waals surface area contributed by atoms with Crippen molar-refractivity contribution in [2.45, 2.75) is 53.0 Å². The average Bonchev–Trinajstić information content (AvgIpc) is 2.97. The molecule has 4 unspecified atom stereocenters. The lowest BCUT2D eigenvalue weighted by molar-refractivity contribution is -0.143. The molecule has 4 heteroatoms. The molecule has 0 aromatic heterocycles. The molecule has 98 valence electrons. The Morgan fingerprint density at radius 1 is 1.47 bits per heavy atom. The van der Waals surface area contributed by atoms with E-state index in [4.69, 9.17) is 5.11 Å². The number of nitrogens with one attached hydrogen (secondary N) is 1. The standard InChI is InChI=1S/C13H23NO3/c1-5-8(3)10(12(16)17)14-11(15)9-7-13(9,4)6-2/h8-10H,5-7H2,1-4H3,(H,14,15)(H,16,17). The molecule has 0 saturated heterocycles. The minimum absolute atomic E-state index is 0.00148. The van der Waals surface area contributed by atoms with Crippen LogP contribution in [0.5, 0.6) is 0 Å². The number of hydrogen-bond acceptors (Lipinski definition) is 2. The Balaban J connectivity index is 2.58. The maximum absolute atomic E-state index is 11.9. The summed E-state index contributed by atoms with van der Waals surface area (Å²) >= 11 is 0. The Hall–Kier alpha value is -1.06. The highest BCUT2D eigenvalue weighted by Crippen LogP contribution is 2.54. The Morgan fingerprint density at radius 3 is 2.41 bits per heavy atom. The maximum Gasteiger partial charge on any atom is 0.326 e. The van der Waals surface area contributed by atoms with Crippen LogP contribution >= 0.6 is 0 Å². The average molecular weight is 241 g/mol. The number of carboxylic acids is 1. The molecule has 2 N–H and O–H groups in total. The highest BCUT2D eigenvalue weighted by molar-refractivity contribution is 5.87. The van der Waals surface area contributed by atoms with Crippen LogP contribution in [-0.2, 0) is 9.59 Å². The predicted molar refractivity (Wildman–Crippen MR) is 65.5 cm³/mol. The van der Waals surface area contributed by atoms with Crippen molar-refractivity contribution in [3.8, 4) is 0 Å². The third-order valence-corrected chi connectivity index (χ3v) is 4.25. The molecule has 0 aromatic rings. The van der Waals surface area contributed by atoms with Crippen molar-refractivity contribution in [3.05, 3.63) is 0 Å². The van der Waals surface area contributed by atoms with E-state index >= 15 is 0 Å². The molecule has 0 spiro atoms. The van der Waals surface area contributed by atoms with Crippen molar-refractivity contribution >= 4 is 11.9 Å². The molecular weight excluding hydrogens is 218 g/mol. The van der Waals surface area contributed by atoms with Crippen LogP contribution in [0.3, 0.4) is 0 Å². The van der Waals surface area contributed by atoms with Gasteiger partial charge in [-0.2, -0.15) is 0 Å². The fraction of sp³-hybridized carbons (Fsp3) is 0.846. The van der Waals surface area contributed by atoms with E-state index in [-0.39, 0.29) is 23.2 Å². The first-order chi connectivity index (χ1) is 7.85. The largest absolute Gasteiger partial charge is 0.480 e. The molecule has 0 heterocycles. The summed E-state index contributed by atoms with van der Waals surface area (Å²) in [5, 5.41) is 11.8. The number of aliphatic carboxylic acids is 1. The van der Waals surface area contributed by atoms with Gasteiger partial charge in [-0.25, -0.2) is 4.79 Å². The van der Waals surface area contributed by atoms with Gasteiger partial charge in [0, 0.05) is 5.92 Å². The van der Waals surface area contributed by atoms with Crippen LogP contribution in [0.15, 0.2) is 0 Å². The zero-order valence-electron chi connectivity index (χ0n) is 11.1. The molecule has 1 saturated carbocycles. The minimum Gasteiger partial charge on any atom is -0.480 e. The molecule has 1 aliphatic carbocycles. The van der Waals surface area contributed by atoms with Crippen LogP contribution in [0, 0.1) is 17.3 Å². The van der Waals surface area contributed by atoms with Gasteiger partial charge in [0.05, 0.1) is 0 Å². The Bertz CT molecular complexity index is 316. The van der Waals surface area contributed by atoms with E-state index in [2.05, 4.69) is 19.2 Å². The Labute approximate surface area is 103 Å². The van der Waals surface area contributed by atoms with E-state index in [1.807, 2.05) is 13.8 Å². The van der Waals surface area contributed by atoms with Gasteiger partial charge in [-0.05, 0) is 24.2 Å². The normalized spacial score (nSPS) is 30.5.